The van der Waals surface area contributed by atoms with Crippen molar-refractivity contribution in [1.29, 1.82) is 0 Å². The van der Waals surface area contributed by atoms with Crippen molar-refractivity contribution in [3.63, 3.8) is 0 Å². The van der Waals surface area contributed by atoms with Crippen LogP contribution < -0.4 is 10.1 Å². The van der Waals surface area contributed by atoms with Crippen molar-refractivity contribution in [2.75, 3.05) is 7.05 Å². The van der Waals surface area contributed by atoms with E-state index in [0.717, 1.165) is 18.4 Å². The van der Waals surface area contributed by atoms with Gasteiger partial charge in [0, 0.05) is 6.04 Å². The summed E-state index contributed by atoms with van der Waals surface area (Å²) in [6.07, 6.45) is -2.60. The molecule has 19 heavy (non-hydrogen) atoms. The zero-order valence-electron chi connectivity index (χ0n) is 11.4. The molecule has 0 fully saturated rings. The number of ether oxygens (including phenoxy) is 1. The Morgan fingerprint density at radius 3 is 2.53 bits per heavy atom. The Bertz CT molecular complexity index is 393. The summed E-state index contributed by atoms with van der Waals surface area (Å²) in [6, 6.07) is 6.18. The fourth-order valence-electron chi connectivity index (χ4n) is 2.31. The minimum Gasteiger partial charge on any atom is -0.406 e. The molecule has 0 aliphatic rings. The maximum Gasteiger partial charge on any atom is 0.573 e. The van der Waals surface area contributed by atoms with Crippen molar-refractivity contribution in [3.8, 4) is 5.75 Å². The van der Waals surface area contributed by atoms with Crippen molar-refractivity contribution >= 4 is 0 Å². The van der Waals surface area contributed by atoms with Crippen LogP contribution in [0.5, 0.6) is 5.75 Å². The third-order valence-electron chi connectivity index (χ3n) is 3.07. The van der Waals surface area contributed by atoms with Gasteiger partial charge in [-0.2, -0.15) is 0 Å². The Morgan fingerprint density at radius 1 is 1.32 bits per heavy atom. The second kappa shape index (κ2) is 6.80. The highest BCUT2D eigenvalue weighted by Gasteiger charge is 2.31. The van der Waals surface area contributed by atoms with E-state index >= 15 is 0 Å². The van der Waals surface area contributed by atoms with E-state index in [-0.39, 0.29) is 11.8 Å². The normalized spacial score (nSPS) is 15.1. The summed E-state index contributed by atoms with van der Waals surface area (Å²) >= 11 is 0. The van der Waals surface area contributed by atoms with E-state index in [0.29, 0.717) is 5.92 Å². The Labute approximate surface area is 112 Å². The first-order valence-electron chi connectivity index (χ1n) is 6.40. The number of benzene rings is 1. The SMILES string of the molecule is CCCC(C)C(NC)c1cccc(OC(F)(F)F)c1. The molecule has 0 amide bonds. The Kier molecular flexibility index (Phi) is 5.66. The van der Waals surface area contributed by atoms with E-state index < -0.39 is 6.36 Å². The summed E-state index contributed by atoms with van der Waals surface area (Å²) in [5.41, 5.74) is 0.810. The molecule has 0 bridgehead atoms. The molecule has 0 radical (unpaired) electrons. The van der Waals surface area contributed by atoms with Gasteiger partial charge >= 0.3 is 6.36 Å². The molecular formula is C14H20F3NO. The van der Waals surface area contributed by atoms with Gasteiger partial charge in [0.2, 0.25) is 0 Å². The minimum absolute atomic E-state index is 0.0248. The monoisotopic (exact) mass is 275 g/mol. The van der Waals surface area contributed by atoms with Crippen molar-refractivity contribution in [3.05, 3.63) is 29.8 Å². The molecule has 0 saturated heterocycles. The summed E-state index contributed by atoms with van der Waals surface area (Å²) in [6.45, 7) is 4.17. The Morgan fingerprint density at radius 2 is 2.00 bits per heavy atom. The first-order valence-corrected chi connectivity index (χ1v) is 6.40. The number of hydrogen-bond acceptors (Lipinski definition) is 2. The van der Waals surface area contributed by atoms with Crippen LogP contribution in [0, 0.1) is 5.92 Å². The Balaban J connectivity index is 2.90. The van der Waals surface area contributed by atoms with Crippen LogP contribution in [0.25, 0.3) is 0 Å². The van der Waals surface area contributed by atoms with Crippen LogP contribution in [0.1, 0.15) is 38.3 Å². The van der Waals surface area contributed by atoms with Gasteiger partial charge in [-0.15, -0.1) is 13.2 Å². The van der Waals surface area contributed by atoms with Gasteiger partial charge in [-0.1, -0.05) is 32.4 Å². The number of rotatable bonds is 6. The second-order valence-electron chi connectivity index (χ2n) is 4.65. The molecule has 5 heteroatoms. The van der Waals surface area contributed by atoms with Gasteiger partial charge in [0.1, 0.15) is 5.75 Å². The van der Waals surface area contributed by atoms with Gasteiger partial charge in [-0.25, -0.2) is 0 Å². The van der Waals surface area contributed by atoms with Crippen molar-refractivity contribution in [2.24, 2.45) is 5.92 Å². The maximum absolute atomic E-state index is 12.2. The van der Waals surface area contributed by atoms with E-state index in [4.69, 9.17) is 0 Å². The van der Waals surface area contributed by atoms with E-state index in [1.165, 1.54) is 12.1 Å². The fourth-order valence-corrected chi connectivity index (χ4v) is 2.31. The molecule has 2 atom stereocenters. The summed E-state index contributed by atoms with van der Waals surface area (Å²) < 4.78 is 40.5. The Hall–Kier alpha value is -1.23. The molecule has 108 valence electrons. The minimum atomic E-state index is -4.65. The molecule has 2 nitrogen and oxygen atoms in total. The van der Waals surface area contributed by atoms with Gasteiger partial charge in [-0.05, 0) is 37.1 Å². The molecule has 0 spiro atoms. The molecule has 1 aromatic carbocycles. The van der Waals surface area contributed by atoms with Crippen LogP contribution in [0.15, 0.2) is 24.3 Å². The van der Waals surface area contributed by atoms with Crippen LogP contribution in [0.4, 0.5) is 13.2 Å². The molecule has 1 aromatic rings. The predicted octanol–water partition coefficient (Wildman–Crippen LogP) is 4.28. The topological polar surface area (TPSA) is 21.3 Å². The number of alkyl halides is 3. The van der Waals surface area contributed by atoms with Gasteiger partial charge in [0.05, 0.1) is 0 Å². The quantitative estimate of drug-likeness (QED) is 0.836. The summed E-state index contributed by atoms with van der Waals surface area (Å²) in [5.74, 6) is 0.171. The molecule has 0 heterocycles. The molecule has 1 rings (SSSR count). The molecule has 0 saturated carbocycles. The number of hydrogen-bond donors (Lipinski definition) is 1. The second-order valence-corrected chi connectivity index (χ2v) is 4.65. The smallest absolute Gasteiger partial charge is 0.406 e. The van der Waals surface area contributed by atoms with Gasteiger partial charge in [0.15, 0.2) is 0 Å². The highest BCUT2D eigenvalue weighted by atomic mass is 19.4. The largest absolute Gasteiger partial charge is 0.573 e. The average molecular weight is 275 g/mol. The van der Waals surface area contributed by atoms with Crippen LogP contribution in [-0.4, -0.2) is 13.4 Å². The number of halogens is 3. The van der Waals surface area contributed by atoms with Crippen LogP contribution in [0.2, 0.25) is 0 Å². The van der Waals surface area contributed by atoms with Gasteiger partial charge < -0.3 is 10.1 Å². The molecule has 0 aliphatic carbocycles. The lowest BCUT2D eigenvalue weighted by molar-refractivity contribution is -0.274. The van der Waals surface area contributed by atoms with E-state index in [1.807, 2.05) is 13.1 Å². The molecule has 1 N–H and O–H groups in total. The van der Waals surface area contributed by atoms with Crippen LogP contribution in [0.3, 0.4) is 0 Å². The van der Waals surface area contributed by atoms with Crippen molar-refractivity contribution in [1.82, 2.24) is 5.32 Å². The average Bonchev–Trinajstić information content (AvgIpc) is 2.28. The van der Waals surface area contributed by atoms with Crippen LogP contribution >= 0.6 is 0 Å². The fraction of sp³-hybridized carbons (Fsp3) is 0.571. The molecular weight excluding hydrogens is 255 g/mol. The van der Waals surface area contributed by atoms with Crippen molar-refractivity contribution < 1.29 is 17.9 Å². The lowest BCUT2D eigenvalue weighted by Gasteiger charge is -2.24. The standard InChI is InChI=1S/C14H20F3NO/c1-4-6-10(2)13(18-3)11-7-5-8-12(9-11)19-14(15,16)17/h5,7-10,13,18H,4,6H2,1-3H3. The van der Waals surface area contributed by atoms with Gasteiger partial charge in [-0.3, -0.25) is 0 Å². The molecule has 0 aromatic heterocycles. The highest BCUT2D eigenvalue weighted by Crippen LogP contribution is 2.29. The third-order valence-corrected chi connectivity index (χ3v) is 3.07. The predicted molar refractivity (Wildman–Crippen MR) is 69.0 cm³/mol. The third kappa shape index (κ3) is 5.11. The number of nitrogens with one attached hydrogen (secondary N) is 1. The maximum atomic E-state index is 12.2. The summed E-state index contributed by atoms with van der Waals surface area (Å²) in [4.78, 5) is 0. The highest BCUT2D eigenvalue weighted by molar-refractivity contribution is 5.31. The molecule has 2 unspecified atom stereocenters. The first-order chi connectivity index (χ1) is 8.87. The zero-order chi connectivity index (χ0) is 14.5. The zero-order valence-corrected chi connectivity index (χ0v) is 11.4. The lowest BCUT2D eigenvalue weighted by Crippen LogP contribution is -2.24. The summed E-state index contributed by atoms with van der Waals surface area (Å²) in [7, 11) is 1.81. The van der Waals surface area contributed by atoms with Crippen molar-refractivity contribution in [2.45, 2.75) is 39.1 Å². The van der Waals surface area contributed by atoms with E-state index in [2.05, 4.69) is 23.9 Å². The van der Waals surface area contributed by atoms with Gasteiger partial charge in [0.25, 0.3) is 0 Å². The van der Waals surface area contributed by atoms with E-state index in [9.17, 15) is 13.2 Å². The summed E-state index contributed by atoms with van der Waals surface area (Å²) in [5, 5.41) is 3.16. The first kappa shape index (κ1) is 15.8. The lowest BCUT2D eigenvalue weighted by atomic mass is 9.91. The van der Waals surface area contributed by atoms with E-state index in [1.54, 1.807) is 6.07 Å². The van der Waals surface area contributed by atoms with Crippen LogP contribution in [-0.2, 0) is 0 Å². The molecule has 0 aliphatic heterocycles.